The molecule has 0 aliphatic rings. The van der Waals surface area contributed by atoms with E-state index in [1.54, 1.807) is 19.2 Å². The van der Waals surface area contributed by atoms with Gasteiger partial charge in [-0.1, -0.05) is 0 Å². The van der Waals surface area contributed by atoms with Gasteiger partial charge in [-0.3, -0.25) is 5.10 Å². The van der Waals surface area contributed by atoms with Gasteiger partial charge in [0.1, 0.15) is 11.4 Å². The quantitative estimate of drug-likeness (QED) is 0.913. The van der Waals surface area contributed by atoms with Crippen molar-refractivity contribution in [3.05, 3.63) is 34.4 Å². The highest BCUT2D eigenvalue weighted by Crippen LogP contribution is 2.30. The molecule has 1 heterocycles. The van der Waals surface area contributed by atoms with E-state index in [1.165, 1.54) is 6.07 Å². The number of nitrogens with one attached hydrogen (secondary N) is 1. The van der Waals surface area contributed by atoms with Gasteiger partial charge in [-0.2, -0.15) is 5.10 Å². The van der Waals surface area contributed by atoms with E-state index in [9.17, 15) is 4.79 Å². The number of methoxy groups -OCH3 is 1. The van der Waals surface area contributed by atoms with E-state index in [0.29, 0.717) is 5.69 Å². The Morgan fingerprint density at radius 3 is 2.76 bits per heavy atom. The van der Waals surface area contributed by atoms with E-state index < -0.39 is 5.97 Å². The largest absolute Gasteiger partial charge is 0.497 e. The molecule has 5 nitrogen and oxygen atoms in total. The summed E-state index contributed by atoms with van der Waals surface area (Å²) in [6.07, 6.45) is 0. The number of nitrogens with zero attached hydrogens (tertiary/aromatic N) is 1. The molecule has 0 aliphatic carbocycles. The highest BCUT2D eigenvalue weighted by molar-refractivity contribution is 9.10. The van der Waals surface area contributed by atoms with Crippen molar-refractivity contribution in [3.63, 3.8) is 0 Å². The third kappa shape index (κ3) is 2.31. The Morgan fingerprint density at radius 1 is 1.47 bits per heavy atom. The molecule has 0 saturated carbocycles. The Labute approximate surface area is 106 Å². The number of ether oxygens (including phenoxy) is 1. The second kappa shape index (κ2) is 4.58. The first-order valence-electron chi connectivity index (χ1n) is 4.74. The zero-order valence-electron chi connectivity index (χ0n) is 8.90. The molecule has 0 unspecified atom stereocenters. The fourth-order valence-electron chi connectivity index (χ4n) is 1.40. The summed E-state index contributed by atoms with van der Waals surface area (Å²) in [4.78, 5) is 10.7. The Kier molecular flexibility index (Phi) is 3.14. The number of halogens is 1. The van der Waals surface area contributed by atoms with Gasteiger partial charge in [0.05, 0.1) is 12.8 Å². The summed E-state index contributed by atoms with van der Waals surface area (Å²) in [6.45, 7) is 0. The summed E-state index contributed by atoms with van der Waals surface area (Å²) in [6, 6.07) is 6.87. The lowest BCUT2D eigenvalue weighted by Gasteiger charge is -2.03. The smallest absolute Gasteiger partial charge is 0.353 e. The lowest BCUT2D eigenvalue weighted by Crippen LogP contribution is -1.95. The number of hydrogen-bond donors (Lipinski definition) is 2. The number of rotatable bonds is 3. The lowest BCUT2D eigenvalue weighted by atomic mass is 10.1. The van der Waals surface area contributed by atoms with Gasteiger partial charge in [-0.15, -0.1) is 0 Å². The molecule has 0 aliphatic heterocycles. The van der Waals surface area contributed by atoms with Gasteiger partial charge in [0.25, 0.3) is 0 Å². The molecule has 0 atom stereocenters. The molecule has 1 aromatic carbocycles. The molecule has 0 bridgehead atoms. The minimum absolute atomic E-state index is 0.0581. The highest BCUT2D eigenvalue weighted by atomic mass is 79.9. The van der Waals surface area contributed by atoms with Crippen molar-refractivity contribution in [3.8, 4) is 17.0 Å². The molecule has 0 fully saturated rings. The van der Waals surface area contributed by atoms with Gasteiger partial charge in [0.2, 0.25) is 0 Å². The van der Waals surface area contributed by atoms with Crippen LogP contribution in [0, 0.1) is 0 Å². The van der Waals surface area contributed by atoms with E-state index in [4.69, 9.17) is 9.84 Å². The molecular weight excluding hydrogens is 288 g/mol. The molecule has 2 N–H and O–H groups in total. The van der Waals surface area contributed by atoms with Crippen LogP contribution in [0.2, 0.25) is 0 Å². The molecule has 6 heteroatoms. The first kappa shape index (κ1) is 11.7. The number of hydrogen-bond acceptors (Lipinski definition) is 3. The summed E-state index contributed by atoms with van der Waals surface area (Å²) >= 11 is 3.39. The number of H-pyrrole nitrogens is 1. The van der Waals surface area contributed by atoms with Gasteiger partial charge >= 0.3 is 5.97 Å². The average molecular weight is 297 g/mol. The Hall–Kier alpha value is -1.82. The summed E-state index contributed by atoms with van der Waals surface area (Å²) in [5, 5.41) is 15.2. The predicted octanol–water partition coefficient (Wildman–Crippen LogP) is 2.55. The fourth-order valence-corrected chi connectivity index (χ4v) is 1.96. The van der Waals surface area contributed by atoms with Crippen molar-refractivity contribution in [2.45, 2.75) is 0 Å². The first-order chi connectivity index (χ1) is 8.11. The number of carboxylic acids is 1. The second-order valence-corrected chi connectivity index (χ2v) is 4.17. The van der Waals surface area contributed by atoms with Gasteiger partial charge in [-0.25, -0.2) is 4.79 Å². The molecule has 2 rings (SSSR count). The number of aromatic carboxylic acids is 1. The fraction of sp³-hybridized carbons (Fsp3) is 0.0909. The molecule has 1 aromatic heterocycles. The zero-order chi connectivity index (χ0) is 12.4. The van der Waals surface area contributed by atoms with Crippen LogP contribution in [-0.2, 0) is 0 Å². The molecule has 0 spiro atoms. The maximum absolute atomic E-state index is 10.7. The van der Waals surface area contributed by atoms with Gasteiger partial charge in [0, 0.05) is 10.0 Å². The van der Waals surface area contributed by atoms with Gasteiger partial charge < -0.3 is 9.84 Å². The summed E-state index contributed by atoms with van der Waals surface area (Å²) < 4.78 is 5.87. The average Bonchev–Trinajstić information content (AvgIpc) is 2.78. The van der Waals surface area contributed by atoms with E-state index >= 15 is 0 Å². The van der Waals surface area contributed by atoms with Crippen molar-refractivity contribution in [1.82, 2.24) is 10.2 Å². The Bertz CT molecular complexity index is 566. The molecular formula is C11H9BrN2O3. The number of benzene rings is 1. The third-order valence-electron chi connectivity index (χ3n) is 2.26. The maximum atomic E-state index is 10.7. The molecule has 2 aromatic rings. The van der Waals surface area contributed by atoms with Crippen LogP contribution in [0.25, 0.3) is 11.3 Å². The van der Waals surface area contributed by atoms with Gasteiger partial charge in [0.15, 0.2) is 0 Å². The maximum Gasteiger partial charge on any atom is 0.353 e. The standard InChI is InChI=1S/C11H9BrN2O3/c1-17-6-2-3-7(8(12)4-6)9-5-10(11(15)16)14-13-9/h2-5H,1H3,(H,13,14)(H,15,16). The van der Waals surface area contributed by atoms with E-state index in [-0.39, 0.29) is 5.69 Å². The van der Waals surface area contributed by atoms with Crippen LogP contribution in [0.15, 0.2) is 28.7 Å². The highest BCUT2D eigenvalue weighted by Gasteiger charge is 2.11. The monoisotopic (exact) mass is 296 g/mol. The number of carboxylic acid groups (broad SMARTS) is 1. The van der Waals surface area contributed by atoms with Gasteiger partial charge in [-0.05, 0) is 40.2 Å². The zero-order valence-corrected chi connectivity index (χ0v) is 10.5. The molecule has 0 saturated heterocycles. The van der Waals surface area contributed by atoms with Crippen molar-refractivity contribution in [2.24, 2.45) is 0 Å². The summed E-state index contributed by atoms with van der Waals surface area (Å²) in [5.41, 5.74) is 1.43. The van der Waals surface area contributed by atoms with E-state index in [0.717, 1.165) is 15.8 Å². The molecule has 0 amide bonds. The van der Waals surface area contributed by atoms with E-state index in [1.807, 2.05) is 6.07 Å². The van der Waals surface area contributed by atoms with Crippen molar-refractivity contribution >= 4 is 21.9 Å². The Balaban J connectivity index is 2.42. The van der Waals surface area contributed by atoms with Crippen LogP contribution in [0.1, 0.15) is 10.5 Å². The van der Waals surface area contributed by atoms with Crippen LogP contribution < -0.4 is 4.74 Å². The van der Waals surface area contributed by atoms with Crippen molar-refractivity contribution < 1.29 is 14.6 Å². The Morgan fingerprint density at radius 2 is 2.24 bits per heavy atom. The number of aromatic nitrogens is 2. The van der Waals surface area contributed by atoms with Crippen LogP contribution in [-0.4, -0.2) is 28.4 Å². The number of carbonyl (C=O) groups is 1. The summed E-state index contributed by atoms with van der Waals surface area (Å²) in [7, 11) is 1.58. The van der Waals surface area contributed by atoms with Crippen LogP contribution in [0.3, 0.4) is 0 Å². The summed E-state index contributed by atoms with van der Waals surface area (Å²) in [5.74, 6) is -0.317. The van der Waals surface area contributed by atoms with Crippen molar-refractivity contribution in [2.75, 3.05) is 7.11 Å². The number of aromatic amines is 1. The topological polar surface area (TPSA) is 75.2 Å². The SMILES string of the molecule is COc1ccc(-c2cc(C(=O)O)[nH]n2)c(Br)c1. The minimum atomic E-state index is -1.03. The first-order valence-corrected chi connectivity index (χ1v) is 5.53. The van der Waals surface area contributed by atoms with Crippen molar-refractivity contribution in [1.29, 1.82) is 0 Å². The van der Waals surface area contributed by atoms with Crippen LogP contribution in [0.5, 0.6) is 5.75 Å². The molecule has 0 radical (unpaired) electrons. The predicted molar refractivity (Wildman–Crippen MR) is 65.2 cm³/mol. The van der Waals surface area contributed by atoms with E-state index in [2.05, 4.69) is 26.1 Å². The third-order valence-corrected chi connectivity index (χ3v) is 2.92. The normalized spacial score (nSPS) is 10.2. The molecule has 17 heavy (non-hydrogen) atoms. The molecule has 88 valence electrons. The lowest BCUT2D eigenvalue weighted by molar-refractivity contribution is 0.0690. The minimum Gasteiger partial charge on any atom is -0.497 e. The van der Waals surface area contributed by atoms with Crippen LogP contribution >= 0.6 is 15.9 Å². The van der Waals surface area contributed by atoms with Crippen LogP contribution in [0.4, 0.5) is 0 Å². The second-order valence-electron chi connectivity index (χ2n) is 3.32.